The normalized spacial score (nSPS) is 16.4. The maximum absolute atomic E-state index is 12.3. The largest absolute Gasteiger partial charge is 0.491 e. The van der Waals surface area contributed by atoms with Crippen LogP contribution >= 0.6 is 12.2 Å². The van der Waals surface area contributed by atoms with Crippen molar-refractivity contribution >= 4 is 28.8 Å². The zero-order valence-corrected chi connectivity index (χ0v) is 12.6. The van der Waals surface area contributed by atoms with Crippen LogP contribution in [0.2, 0.25) is 0 Å². The highest BCUT2D eigenvalue weighted by Crippen LogP contribution is 2.42. The number of carbonyl (C=O) groups excluding carboxylic acids is 1. The molecule has 5 heteroatoms. The van der Waals surface area contributed by atoms with Crippen LogP contribution in [0.4, 0.5) is 5.69 Å². The van der Waals surface area contributed by atoms with Crippen LogP contribution in [0, 0.1) is 5.41 Å². The molecule has 20 heavy (non-hydrogen) atoms. The summed E-state index contributed by atoms with van der Waals surface area (Å²) in [4.78, 5) is 12.6. The van der Waals surface area contributed by atoms with Crippen LogP contribution in [0.5, 0.6) is 5.75 Å². The third kappa shape index (κ3) is 2.93. The van der Waals surface area contributed by atoms with E-state index in [2.05, 4.69) is 5.32 Å². The van der Waals surface area contributed by atoms with E-state index in [1.54, 1.807) is 0 Å². The van der Waals surface area contributed by atoms with Crippen LogP contribution in [0.1, 0.15) is 33.1 Å². The lowest BCUT2D eigenvalue weighted by Crippen LogP contribution is -2.50. The van der Waals surface area contributed by atoms with Gasteiger partial charge in [0.25, 0.3) is 0 Å². The quantitative estimate of drug-likeness (QED) is 0.819. The Bertz CT molecular complexity index is 507. The van der Waals surface area contributed by atoms with Crippen LogP contribution in [0.3, 0.4) is 0 Å². The first-order chi connectivity index (χ1) is 9.44. The first-order valence-corrected chi connectivity index (χ1v) is 7.23. The van der Waals surface area contributed by atoms with E-state index in [9.17, 15) is 4.79 Å². The molecule has 0 heterocycles. The van der Waals surface area contributed by atoms with Gasteiger partial charge < -0.3 is 15.8 Å². The Labute approximate surface area is 124 Å². The fourth-order valence-electron chi connectivity index (χ4n) is 2.26. The highest BCUT2D eigenvalue weighted by Gasteiger charge is 2.46. The van der Waals surface area contributed by atoms with Gasteiger partial charge >= 0.3 is 0 Å². The molecular weight excluding hydrogens is 272 g/mol. The zero-order valence-electron chi connectivity index (χ0n) is 11.8. The lowest BCUT2D eigenvalue weighted by atomic mass is 9.68. The summed E-state index contributed by atoms with van der Waals surface area (Å²) < 4.78 is 5.56. The number of amides is 1. The number of ether oxygens (including phenoxy) is 1. The lowest BCUT2D eigenvalue weighted by molar-refractivity contribution is -0.125. The molecule has 3 N–H and O–H groups in total. The van der Waals surface area contributed by atoms with E-state index < -0.39 is 5.41 Å². The number of benzene rings is 1. The van der Waals surface area contributed by atoms with E-state index in [1.165, 1.54) is 0 Å². The van der Waals surface area contributed by atoms with Crippen LogP contribution in [0.25, 0.3) is 0 Å². The van der Waals surface area contributed by atoms with Crippen LogP contribution in [-0.2, 0) is 4.79 Å². The van der Waals surface area contributed by atoms with Gasteiger partial charge in [-0.1, -0.05) is 18.6 Å². The summed E-state index contributed by atoms with van der Waals surface area (Å²) in [6.07, 6.45) is 2.60. The van der Waals surface area contributed by atoms with Crippen molar-refractivity contribution in [3.05, 3.63) is 24.3 Å². The van der Waals surface area contributed by atoms with Crippen LogP contribution < -0.4 is 15.8 Å². The summed E-state index contributed by atoms with van der Waals surface area (Å²) in [7, 11) is 0. The molecule has 1 aromatic carbocycles. The average Bonchev–Trinajstić information content (AvgIpc) is 2.28. The number of nitrogens with two attached hydrogens (primary N) is 1. The molecule has 1 amide bonds. The maximum atomic E-state index is 12.3. The molecule has 0 saturated heterocycles. The summed E-state index contributed by atoms with van der Waals surface area (Å²) in [5.41, 5.74) is 5.80. The third-order valence-corrected chi connectivity index (χ3v) is 3.99. The molecule has 0 spiro atoms. The molecule has 108 valence electrons. The van der Waals surface area contributed by atoms with Gasteiger partial charge in [-0.2, -0.15) is 0 Å². The molecule has 1 aliphatic rings. The molecule has 4 nitrogen and oxygen atoms in total. The fourth-order valence-corrected chi connectivity index (χ4v) is 2.55. The maximum Gasteiger partial charge on any atom is 0.237 e. The zero-order chi connectivity index (χ0) is 14.8. The summed E-state index contributed by atoms with van der Waals surface area (Å²) in [6.45, 7) is 3.94. The van der Waals surface area contributed by atoms with Crippen molar-refractivity contribution < 1.29 is 9.53 Å². The van der Waals surface area contributed by atoms with Crippen molar-refractivity contribution in [1.82, 2.24) is 0 Å². The molecule has 2 rings (SSSR count). The smallest absolute Gasteiger partial charge is 0.237 e. The van der Waals surface area contributed by atoms with Crippen LogP contribution in [0.15, 0.2) is 24.3 Å². The van der Waals surface area contributed by atoms with Gasteiger partial charge in [0.1, 0.15) is 5.75 Å². The second-order valence-electron chi connectivity index (χ2n) is 5.45. The van der Waals surface area contributed by atoms with Gasteiger partial charge in [0, 0.05) is 5.69 Å². The Morgan fingerprint density at radius 3 is 2.35 bits per heavy atom. The topological polar surface area (TPSA) is 64.3 Å². The van der Waals surface area contributed by atoms with E-state index in [0.717, 1.165) is 30.7 Å². The van der Waals surface area contributed by atoms with Crippen molar-refractivity contribution in [2.75, 3.05) is 5.32 Å². The first kappa shape index (κ1) is 14.8. The molecule has 0 radical (unpaired) electrons. The third-order valence-electron chi connectivity index (χ3n) is 3.60. The highest BCUT2D eigenvalue weighted by molar-refractivity contribution is 7.80. The van der Waals surface area contributed by atoms with Gasteiger partial charge in [-0.3, -0.25) is 4.79 Å². The SMILES string of the molecule is CC(C)Oc1ccc(NC(=O)C2(C(N)=S)CCC2)cc1. The summed E-state index contributed by atoms with van der Waals surface area (Å²) in [5, 5.41) is 2.88. The number of carbonyl (C=O) groups is 1. The van der Waals surface area contributed by atoms with Crippen molar-refractivity contribution in [3.8, 4) is 5.75 Å². The average molecular weight is 292 g/mol. The minimum Gasteiger partial charge on any atom is -0.491 e. The molecule has 1 aliphatic carbocycles. The molecule has 0 bridgehead atoms. The highest BCUT2D eigenvalue weighted by atomic mass is 32.1. The number of nitrogens with one attached hydrogen (secondary N) is 1. The molecular formula is C15H20N2O2S. The number of hydrogen-bond donors (Lipinski definition) is 2. The monoisotopic (exact) mass is 292 g/mol. The van der Waals surface area contributed by atoms with Crippen molar-refractivity contribution in [1.29, 1.82) is 0 Å². The standard InChI is InChI=1S/C15H20N2O2S/c1-10(2)19-12-6-4-11(5-7-12)17-14(18)15(13(16)20)8-3-9-15/h4-7,10H,3,8-9H2,1-2H3,(H2,16,20)(H,17,18). The summed E-state index contributed by atoms with van der Waals surface area (Å²) in [5.74, 6) is 0.680. The van der Waals surface area contributed by atoms with E-state index in [1.807, 2.05) is 38.1 Å². The number of thiocarbonyl (C=S) groups is 1. The second kappa shape index (κ2) is 5.79. The van der Waals surface area contributed by atoms with E-state index in [0.29, 0.717) is 4.99 Å². The molecule has 0 aromatic heterocycles. The molecule has 1 saturated carbocycles. The minimum atomic E-state index is -0.650. The van der Waals surface area contributed by atoms with Gasteiger partial charge in [0.2, 0.25) is 5.91 Å². The van der Waals surface area contributed by atoms with E-state index in [4.69, 9.17) is 22.7 Å². The Hall–Kier alpha value is -1.62. The van der Waals surface area contributed by atoms with Gasteiger partial charge in [0.05, 0.1) is 16.5 Å². The first-order valence-electron chi connectivity index (χ1n) is 6.82. The molecule has 0 atom stereocenters. The summed E-state index contributed by atoms with van der Waals surface area (Å²) >= 11 is 5.04. The summed E-state index contributed by atoms with van der Waals surface area (Å²) in [6, 6.07) is 7.32. The molecule has 1 fully saturated rings. The fraction of sp³-hybridized carbons (Fsp3) is 0.467. The molecule has 1 aromatic rings. The molecule has 0 unspecified atom stereocenters. The lowest BCUT2D eigenvalue weighted by Gasteiger charge is -2.39. The second-order valence-corrected chi connectivity index (χ2v) is 5.88. The Kier molecular flexibility index (Phi) is 4.28. The Morgan fingerprint density at radius 1 is 1.35 bits per heavy atom. The number of anilines is 1. The Balaban J connectivity index is 2.03. The van der Waals surface area contributed by atoms with Gasteiger partial charge in [-0.05, 0) is 51.0 Å². The number of hydrogen-bond acceptors (Lipinski definition) is 3. The van der Waals surface area contributed by atoms with Crippen molar-refractivity contribution in [2.24, 2.45) is 11.1 Å². The van der Waals surface area contributed by atoms with E-state index in [-0.39, 0.29) is 12.0 Å². The molecule has 0 aliphatic heterocycles. The van der Waals surface area contributed by atoms with Gasteiger partial charge in [-0.25, -0.2) is 0 Å². The Morgan fingerprint density at radius 2 is 1.95 bits per heavy atom. The van der Waals surface area contributed by atoms with Gasteiger partial charge in [-0.15, -0.1) is 0 Å². The van der Waals surface area contributed by atoms with Crippen LogP contribution in [-0.4, -0.2) is 17.0 Å². The van der Waals surface area contributed by atoms with E-state index >= 15 is 0 Å². The van der Waals surface area contributed by atoms with Gasteiger partial charge in [0.15, 0.2) is 0 Å². The number of rotatable bonds is 5. The van der Waals surface area contributed by atoms with Crippen molar-refractivity contribution in [3.63, 3.8) is 0 Å². The van der Waals surface area contributed by atoms with Crippen molar-refractivity contribution in [2.45, 2.75) is 39.2 Å². The predicted octanol–water partition coefficient (Wildman–Crippen LogP) is 2.87. The predicted molar refractivity (Wildman–Crippen MR) is 83.9 cm³/mol. The minimum absolute atomic E-state index is 0.103.